The van der Waals surface area contributed by atoms with Crippen molar-refractivity contribution in [2.45, 2.75) is 44.4 Å². The molecule has 1 saturated heterocycles. The van der Waals surface area contributed by atoms with Crippen LogP contribution in [-0.4, -0.2) is 52.8 Å². The lowest BCUT2D eigenvalue weighted by atomic mass is 9.94. The third-order valence-corrected chi connectivity index (χ3v) is 6.23. The van der Waals surface area contributed by atoms with Crippen molar-refractivity contribution < 1.29 is 26.7 Å². The number of hydrogen-bond acceptors (Lipinski definition) is 4. The lowest BCUT2D eigenvalue weighted by Gasteiger charge is -2.30. The number of hydrogen-bond donors (Lipinski definition) is 2. The highest BCUT2D eigenvalue weighted by Gasteiger charge is 2.37. The Morgan fingerprint density at radius 1 is 1.27 bits per heavy atom. The molecule has 178 valence electrons. The molecule has 2 N–H and O–H groups in total. The second-order valence-electron chi connectivity index (χ2n) is 8.57. The molecule has 0 spiro atoms. The van der Waals surface area contributed by atoms with Gasteiger partial charge in [-0.25, -0.2) is 23.5 Å². The fourth-order valence-corrected chi connectivity index (χ4v) is 4.18. The van der Waals surface area contributed by atoms with Gasteiger partial charge >= 0.3 is 12.2 Å². The van der Waals surface area contributed by atoms with Gasteiger partial charge in [-0.3, -0.25) is 0 Å². The summed E-state index contributed by atoms with van der Waals surface area (Å²) in [6, 6.07) is 3.06. The highest BCUT2D eigenvalue weighted by atomic mass is 19.4. The number of nitrogens with one attached hydrogen (secondary N) is 2. The van der Waals surface area contributed by atoms with E-state index in [1.54, 1.807) is 4.90 Å². The van der Waals surface area contributed by atoms with Crippen LogP contribution in [0.1, 0.15) is 35.5 Å². The molecular formula is C22H24F5N5O. The first-order valence-electron chi connectivity index (χ1n) is 10.7. The molecule has 1 aromatic heterocycles. The maximum absolute atomic E-state index is 13.7. The van der Waals surface area contributed by atoms with E-state index in [0.29, 0.717) is 37.3 Å². The van der Waals surface area contributed by atoms with E-state index >= 15 is 0 Å². The molecule has 4 rings (SSSR count). The van der Waals surface area contributed by atoms with Gasteiger partial charge < -0.3 is 15.5 Å². The number of alkyl halides is 3. The number of urea groups is 1. The smallest absolute Gasteiger partial charge is 0.333 e. The standard InChI is InChI=1S/C22H24F5N5O/c1-12(22(25,26)27)6-20-29-8-14-4-5-32(11-19(14)30-20)21(33)31-18-10-28-9-15(18)13-2-3-16(23)17(24)7-13/h2-3,7-8,12,15,18,28H,4-6,9-11H2,1H3,(H,31,33)/t12-,15+,18-/m1/s1. The summed E-state index contributed by atoms with van der Waals surface area (Å²) < 4.78 is 65.6. The van der Waals surface area contributed by atoms with E-state index in [1.165, 1.54) is 12.3 Å². The van der Waals surface area contributed by atoms with E-state index in [-0.39, 0.29) is 36.8 Å². The first-order valence-corrected chi connectivity index (χ1v) is 10.7. The van der Waals surface area contributed by atoms with Gasteiger partial charge in [0, 0.05) is 38.2 Å². The van der Waals surface area contributed by atoms with Gasteiger partial charge in [0.1, 0.15) is 5.82 Å². The SMILES string of the molecule is C[C@H](Cc1ncc2c(n1)CN(C(=O)N[C@@H]1CNC[C@H]1c1ccc(F)c(F)c1)CC2)C(F)(F)F. The first kappa shape index (κ1) is 23.3. The molecule has 0 unspecified atom stereocenters. The van der Waals surface area contributed by atoms with E-state index in [4.69, 9.17) is 0 Å². The van der Waals surface area contributed by atoms with Crippen LogP contribution in [0.15, 0.2) is 24.4 Å². The van der Waals surface area contributed by atoms with Crippen LogP contribution >= 0.6 is 0 Å². The summed E-state index contributed by atoms with van der Waals surface area (Å²) in [4.78, 5) is 22.8. The summed E-state index contributed by atoms with van der Waals surface area (Å²) in [6.07, 6.45) is -2.62. The molecule has 0 radical (unpaired) electrons. The Hall–Kier alpha value is -2.82. The summed E-state index contributed by atoms with van der Waals surface area (Å²) in [7, 11) is 0. The summed E-state index contributed by atoms with van der Waals surface area (Å²) in [5.74, 6) is -3.56. The van der Waals surface area contributed by atoms with E-state index in [9.17, 15) is 26.7 Å². The number of benzene rings is 1. The molecular weight excluding hydrogens is 445 g/mol. The topological polar surface area (TPSA) is 70.2 Å². The van der Waals surface area contributed by atoms with Crippen LogP contribution in [0.5, 0.6) is 0 Å². The van der Waals surface area contributed by atoms with Crippen molar-refractivity contribution in [1.29, 1.82) is 0 Å². The maximum atomic E-state index is 13.7. The predicted octanol–water partition coefficient (Wildman–Crippen LogP) is 3.32. The average Bonchev–Trinajstić information content (AvgIpc) is 3.22. The van der Waals surface area contributed by atoms with Crippen LogP contribution in [0.3, 0.4) is 0 Å². The molecule has 2 aliphatic rings. The summed E-state index contributed by atoms with van der Waals surface area (Å²) in [5.41, 5.74) is 1.94. The van der Waals surface area contributed by atoms with E-state index < -0.39 is 23.7 Å². The predicted molar refractivity (Wildman–Crippen MR) is 109 cm³/mol. The lowest BCUT2D eigenvalue weighted by Crippen LogP contribution is -2.49. The number of halogens is 5. The minimum absolute atomic E-state index is 0.0965. The van der Waals surface area contributed by atoms with Crippen LogP contribution in [-0.2, 0) is 19.4 Å². The molecule has 3 heterocycles. The molecule has 2 amide bonds. The molecule has 1 fully saturated rings. The maximum Gasteiger partial charge on any atom is 0.391 e. The molecule has 2 aromatic rings. The number of aromatic nitrogens is 2. The molecule has 1 aromatic carbocycles. The van der Waals surface area contributed by atoms with Gasteiger partial charge in [-0.2, -0.15) is 13.2 Å². The number of rotatable bonds is 4. The Morgan fingerprint density at radius 3 is 2.79 bits per heavy atom. The number of nitrogens with zero attached hydrogens (tertiary/aromatic N) is 3. The second-order valence-corrected chi connectivity index (χ2v) is 8.57. The highest BCUT2D eigenvalue weighted by molar-refractivity contribution is 5.75. The summed E-state index contributed by atoms with van der Waals surface area (Å²) in [5, 5.41) is 6.10. The number of amides is 2. The number of fused-ring (bicyclic) bond motifs is 1. The fraction of sp³-hybridized carbons (Fsp3) is 0.500. The average molecular weight is 469 g/mol. The van der Waals surface area contributed by atoms with E-state index in [0.717, 1.165) is 24.6 Å². The van der Waals surface area contributed by atoms with Gasteiger partial charge in [-0.15, -0.1) is 0 Å². The zero-order valence-electron chi connectivity index (χ0n) is 17.9. The molecule has 6 nitrogen and oxygen atoms in total. The molecule has 2 aliphatic heterocycles. The Balaban J connectivity index is 1.42. The zero-order chi connectivity index (χ0) is 23.8. The van der Waals surface area contributed by atoms with Crippen LogP contribution in [0, 0.1) is 17.6 Å². The second kappa shape index (κ2) is 9.20. The van der Waals surface area contributed by atoms with Crippen LogP contribution in [0.25, 0.3) is 0 Å². The molecule has 0 aliphatic carbocycles. The van der Waals surface area contributed by atoms with Crippen molar-refractivity contribution in [3.05, 3.63) is 58.7 Å². The van der Waals surface area contributed by atoms with Crippen molar-refractivity contribution in [3.8, 4) is 0 Å². The van der Waals surface area contributed by atoms with Crippen molar-refractivity contribution in [2.24, 2.45) is 5.92 Å². The number of carbonyl (C=O) groups excluding carboxylic acids is 1. The van der Waals surface area contributed by atoms with Gasteiger partial charge in [0.05, 0.1) is 24.2 Å². The molecule has 0 saturated carbocycles. The Morgan fingerprint density at radius 2 is 2.06 bits per heavy atom. The van der Waals surface area contributed by atoms with Gasteiger partial charge in [0.2, 0.25) is 0 Å². The summed E-state index contributed by atoms with van der Waals surface area (Å²) in [6.45, 7) is 2.64. The minimum atomic E-state index is -4.33. The Kier molecular flexibility index (Phi) is 6.51. The van der Waals surface area contributed by atoms with Gasteiger partial charge in [-0.1, -0.05) is 13.0 Å². The molecule has 0 bridgehead atoms. The van der Waals surface area contributed by atoms with Crippen LogP contribution < -0.4 is 10.6 Å². The van der Waals surface area contributed by atoms with E-state index in [2.05, 4.69) is 20.6 Å². The third kappa shape index (κ3) is 5.23. The van der Waals surface area contributed by atoms with Gasteiger partial charge in [0.25, 0.3) is 0 Å². The molecule has 33 heavy (non-hydrogen) atoms. The minimum Gasteiger partial charge on any atom is -0.333 e. The third-order valence-electron chi connectivity index (χ3n) is 6.23. The van der Waals surface area contributed by atoms with Crippen LogP contribution in [0.2, 0.25) is 0 Å². The van der Waals surface area contributed by atoms with Gasteiger partial charge in [0.15, 0.2) is 11.6 Å². The Bertz CT molecular complexity index is 1030. The van der Waals surface area contributed by atoms with Gasteiger partial charge in [-0.05, 0) is 29.7 Å². The quantitative estimate of drug-likeness (QED) is 0.675. The molecule has 3 atom stereocenters. The monoisotopic (exact) mass is 469 g/mol. The van der Waals surface area contributed by atoms with Crippen molar-refractivity contribution in [3.63, 3.8) is 0 Å². The summed E-state index contributed by atoms with van der Waals surface area (Å²) >= 11 is 0. The highest BCUT2D eigenvalue weighted by Crippen LogP contribution is 2.29. The van der Waals surface area contributed by atoms with Crippen molar-refractivity contribution in [1.82, 2.24) is 25.5 Å². The largest absolute Gasteiger partial charge is 0.391 e. The number of carbonyl (C=O) groups is 1. The van der Waals surface area contributed by atoms with E-state index in [1.807, 2.05) is 0 Å². The van der Waals surface area contributed by atoms with Crippen LogP contribution in [0.4, 0.5) is 26.7 Å². The fourth-order valence-electron chi connectivity index (χ4n) is 4.18. The zero-order valence-corrected chi connectivity index (χ0v) is 17.9. The normalized spacial score (nSPS) is 21.6. The Labute approximate surface area is 187 Å². The van der Waals surface area contributed by atoms with Crippen molar-refractivity contribution in [2.75, 3.05) is 19.6 Å². The molecule has 11 heteroatoms. The lowest BCUT2D eigenvalue weighted by molar-refractivity contribution is -0.169. The van der Waals surface area contributed by atoms with Crippen molar-refractivity contribution >= 4 is 6.03 Å². The first-order chi connectivity index (χ1) is 15.6.